The molecule has 4 rings (SSSR count). The van der Waals surface area contributed by atoms with Gasteiger partial charge in [-0.3, -0.25) is 4.98 Å². The molecule has 2 aromatic heterocycles. The summed E-state index contributed by atoms with van der Waals surface area (Å²) in [6.07, 6.45) is -3.13. The first-order valence-corrected chi connectivity index (χ1v) is 9.34. The van der Waals surface area contributed by atoms with Crippen LogP contribution in [0.5, 0.6) is 0 Å². The van der Waals surface area contributed by atoms with Crippen molar-refractivity contribution in [2.24, 2.45) is 0 Å². The summed E-state index contributed by atoms with van der Waals surface area (Å²) in [6.45, 7) is 1.79. The average molecular weight is 416 g/mol. The van der Waals surface area contributed by atoms with Gasteiger partial charge in [0.15, 0.2) is 5.82 Å². The van der Waals surface area contributed by atoms with Crippen molar-refractivity contribution in [1.82, 2.24) is 15.0 Å². The maximum Gasteiger partial charge on any atom is 0.433 e. The number of pyridine rings is 1. The molecule has 0 saturated heterocycles. The van der Waals surface area contributed by atoms with E-state index < -0.39 is 11.9 Å². The Bertz CT molecular complexity index is 1290. The minimum absolute atomic E-state index is 0.0383. The summed E-state index contributed by atoms with van der Waals surface area (Å²) in [6, 6.07) is 20.3. The number of halogens is 3. The number of alkyl halides is 3. The first kappa shape index (κ1) is 20.2. The molecule has 2 heterocycles. The lowest BCUT2D eigenvalue weighted by Gasteiger charge is -2.12. The van der Waals surface area contributed by atoms with Gasteiger partial charge in [-0.2, -0.15) is 18.4 Å². The fraction of sp³-hybridized carbons (Fsp3) is 0.0833. The van der Waals surface area contributed by atoms with Crippen molar-refractivity contribution in [2.45, 2.75) is 13.1 Å². The van der Waals surface area contributed by atoms with Crippen molar-refractivity contribution < 1.29 is 13.2 Å². The zero-order valence-electron chi connectivity index (χ0n) is 16.4. The lowest BCUT2D eigenvalue weighted by atomic mass is 10.0. The van der Waals surface area contributed by atoms with E-state index in [1.54, 1.807) is 55.5 Å². The van der Waals surface area contributed by atoms with E-state index in [0.29, 0.717) is 16.7 Å². The van der Waals surface area contributed by atoms with Crippen LogP contribution in [0.2, 0.25) is 0 Å². The Morgan fingerprint density at radius 3 is 2.19 bits per heavy atom. The van der Waals surface area contributed by atoms with E-state index in [2.05, 4.69) is 21.0 Å². The molecule has 0 aliphatic carbocycles. The van der Waals surface area contributed by atoms with Gasteiger partial charge in [-0.05, 0) is 54.4 Å². The fourth-order valence-electron chi connectivity index (χ4n) is 3.09. The van der Waals surface area contributed by atoms with E-state index in [1.807, 2.05) is 12.1 Å². The molecule has 152 valence electrons. The largest absolute Gasteiger partial charge is 0.433 e. The Balaban J connectivity index is 1.85. The summed E-state index contributed by atoms with van der Waals surface area (Å²) < 4.78 is 40.6. The molecule has 0 spiro atoms. The molecule has 0 radical (unpaired) electrons. The highest BCUT2D eigenvalue weighted by Crippen LogP contribution is 2.33. The van der Waals surface area contributed by atoms with Crippen LogP contribution < -0.4 is 0 Å². The minimum Gasteiger partial charge on any atom is -0.261 e. The van der Waals surface area contributed by atoms with Crippen molar-refractivity contribution in [1.29, 1.82) is 5.26 Å². The number of aromatic nitrogens is 3. The summed E-state index contributed by atoms with van der Waals surface area (Å²) in [5, 5.41) is 9.12. The van der Waals surface area contributed by atoms with Gasteiger partial charge in [0.2, 0.25) is 0 Å². The van der Waals surface area contributed by atoms with Crippen LogP contribution in [0.1, 0.15) is 17.0 Å². The zero-order chi connectivity index (χ0) is 22.0. The zero-order valence-corrected chi connectivity index (χ0v) is 16.4. The van der Waals surface area contributed by atoms with Crippen LogP contribution in [0.4, 0.5) is 13.2 Å². The first-order chi connectivity index (χ1) is 14.8. The predicted molar refractivity (Wildman–Crippen MR) is 111 cm³/mol. The van der Waals surface area contributed by atoms with Crippen LogP contribution in [0.25, 0.3) is 33.8 Å². The Kier molecular flexibility index (Phi) is 5.22. The number of aryl methyl sites for hydroxylation is 1. The van der Waals surface area contributed by atoms with Crippen molar-refractivity contribution in [3.05, 3.63) is 89.9 Å². The van der Waals surface area contributed by atoms with Crippen LogP contribution >= 0.6 is 0 Å². The van der Waals surface area contributed by atoms with Crippen molar-refractivity contribution >= 4 is 0 Å². The third-order valence-electron chi connectivity index (χ3n) is 4.67. The van der Waals surface area contributed by atoms with Gasteiger partial charge in [-0.15, -0.1) is 0 Å². The van der Waals surface area contributed by atoms with E-state index >= 15 is 0 Å². The lowest BCUT2D eigenvalue weighted by molar-refractivity contribution is -0.141. The highest BCUT2D eigenvalue weighted by Gasteiger charge is 2.34. The number of hydrogen-bond acceptors (Lipinski definition) is 4. The summed E-state index contributed by atoms with van der Waals surface area (Å²) in [4.78, 5) is 12.3. The second kappa shape index (κ2) is 8.00. The highest BCUT2D eigenvalue weighted by molar-refractivity contribution is 5.72. The maximum atomic E-state index is 13.5. The molecule has 0 saturated carbocycles. The van der Waals surface area contributed by atoms with Gasteiger partial charge < -0.3 is 0 Å². The van der Waals surface area contributed by atoms with Crippen LogP contribution in [0, 0.1) is 18.3 Å². The second-order valence-corrected chi connectivity index (χ2v) is 6.92. The number of benzene rings is 2. The quantitative estimate of drug-likeness (QED) is 0.407. The molecule has 7 heteroatoms. The number of rotatable bonds is 3. The molecule has 2 aromatic carbocycles. The molecule has 0 fully saturated rings. The Labute approximate surface area is 176 Å². The summed E-state index contributed by atoms with van der Waals surface area (Å²) in [5.41, 5.74) is 2.79. The number of hydrogen-bond donors (Lipinski definition) is 0. The maximum absolute atomic E-state index is 13.5. The van der Waals surface area contributed by atoms with E-state index in [1.165, 1.54) is 6.20 Å². The van der Waals surface area contributed by atoms with Crippen LogP contribution in [0.3, 0.4) is 0 Å². The van der Waals surface area contributed by atoms with E-state index in [0.717, 1.165) is 22.9 Å². The molecule has 0 amide bonds. The molecule has 0 unspecified atom stereocenters. The third-order valence-corrected chi connectivity index (χ3v) is 4.67. The van der Waals surface area contributed by atoms with Crippen LogP contribution in [-0.4, -0.2) is 15.0 Å². The first-order valence-electron chi connectivity index (χ1n) is 9.34. The smallest absolute Gasteiger partial charge is 0.261 e. The van der Waals surface area contributed by atoms with E-state index in [4.69, 9.17) is 5.26 Å². The van der Waals surface area contributed by atoms with E-state index in [9.17, 15) is 13.2 Å². The van der Waals surface area contributed by atoms with Gasteiger partial charge >= 0.3 is 6.18 Å². The molecular weight excluding hydrogens is 401 g/mol. The summed E-state index contributed by atoms with van der Waals surface area (Å²) in [5.74, 6) is -0.0383. The summed E-state index contributed by atoms with van der Waals surface area (Å²) >= 11 is 0. The highest BCUT2D eigenvalue weighted by atomic mass is 19.4. The van der Waals surface area contributed by atoms with Crippen LogP contribution in [0.15, 0.2) is 72.9 Å². The standard InChI is InChI=1S/C24H15F3N4/c1-15-8-9-20(14-29-15)21-12-22(24(25,26)27)31-23(30-21)19-7-3-6-18(11-19)17-5-2-4-16(10-17)13-28/h2-12,14H,1H3. The molecule has 0 atom stereocenters. The van der Waals surface area contributed by atoms with Gasteiger partial charge in [0.25, 0.3) is 0 Å². The van der Waals surface area contributed by atoms with Gasteiger partial charge in [0.05, 0.1) is 17.3 Å². The molecule has 0 N–H and O–H groups in total. The predicted octanol–water partition coefficient (Wildman–Crippen LogP) is 6.07. The monoisotopic (exact) mass is 416 g/mol. The second-order valence-electron chi connectivity index (χ2n) is 6.92. The van der Waals surface area contributed by atoms with Crippen molar-refractivity contribution in [3.63, 3.8) is 0 Å². The lowest BCUT2D eigenvalue weighted by Crippen LogP contribution is -2.10. The molecule has 31 heavy (non-hydrogen) atoms. The average Bonchev–Trinajstić information content (AvgIpc) is 2.79. The van der Waals surface area contributed by atoms with Gasteiger partial charge in [0.1, 0.15) is 5.69 Å². The van der Waals surface area contributed by atoms with Crippen molar-refractivity contribution in [3.8, 4) is 39.8 Å². The van der Waals surface area contributed by atoms with Gasteiger partial charge in [0, 0.05) is 23.0 Å². The normalized spacial score (nSPS) is 11.2. The van der Waals surface area contributed by atoms with Gasteiger partial charge in [-0.25, -0.2) is 9.97 Å². The topological polar surface area (TPSA) is 62.5 Å². The third kappa shape index (κ3) is 4.43. The molecule has 4 aromatic rings. The Hall–Kier alpha value is -4.05. The number of nitriles is 1. The SMILES string of the molecule is Cc1ccc(-c2cc(C(F)(F)F)nc(-c3cccc(-c4cccc(C#N)c4)c3)n2)cn1. The fourth-order valence-corrected chi connectivity index (χ4v) is 3.09. The van der Waals surface area contributed by atoms with E-state index in [-0.39, 0.29) is 11.5 Å². The Morgan fingerprint density at radius 1 is 0.806 bits per heavy atom. The molecule has 4 nitrogen and oxygen atoms in total. The molecular formula is C24H15F3N4. The van der Waals surface area contributed by atoms with Crippen LogP contribution in [-0.2, 0) is 6.18 Å². The minimum atomic E-state index is -4.62. The molecule has 0 aliphatic heterocycles. The van der Waals surface area contributed by atoms with Crippen molar-refractivity contribution in [2.75, 3.05) is 0 Å². The Morgan fingerprint density at radius 2 is 1.52 bits per heavy atom. The van der Waals surface area contributed by atoms with Gasteiger partial charge in [-0.1, -0.05) is 30.3 Å². The molecule has 0 aliphatic rings. The number of nitrogens with zero attached hydrogens (tertiary/aromatic N) is 4. The summed E-state index contributed by atoms with van der Waals surface area (Å²) in [7, 11) is 0. The molecule has 0 bridgehead atoms.